The molecular formula is C17H14ClNO6S. The predicted octanol–water partition coefficient (Wildman–Crippen LogP) is 2.95. The Labute approximate surface area is 155 Å². The van der Waals surface area contributed by atoms with Crippen molar-refractivity contribution in [1.29, 1.82) is 0 Å². The zero-order valence-corrected chi connectivity index (χ0v) is 15.4. The van der Waals surface area contributed by atoms with E-state index in [9.17, 15) is 18.0 Å². The summed E-state index contributed by atoms with van der Waals surface area (Å²) < 4.78 is 35.7. The van der Waals surface area contributed by atoms with Crippen LogP contribution in [0.2, 0.25) is 5.02 Å². The highest BCUT2D eigenvalue weighted by atomic mass is 35.5. The van der Waals surface area contributed by atoms with Crippen molar-refractivity contribution in [2.24, 2.45) is 0 Å². The summed E-state index contributed by atoms with van der Waals surface area (Å²) in [6.07, 6.45) is 0. The fourth-order valence-electron chi connectivity index (χ4n) is 2.43. The quantitative estimate of drug-likeness (QED) is 0.631. The highest BCUT2D eigenvalue weighted by molar-refractivity contribution is 7.87. The van der Waals surface area contributed by atoms with Gasteiger partial charge < -0.3 is 14.2 Å². The van der Waals surface area contributed by atoms with Gasteiger partial charge in [0.15, 0.2) is 18.1 Å². The second-order valence-electron chi connectivity index (χ2n) is 5.71. The SMILES string of the molecule is CC(=O)c1cc(C)ccc1OS(=O)(=O)c1cc2c(cc1Cl)NC(=O)CO2. The molecule has 26 heavy (non-hydrogen) atoms. The smallest absolute Gasteiger partial charge is 0.340 e. The topological polar surface area (TPSA) is 98.8 Å². The number of ketones is 1. The fraction of sp³-hybridized carbons (Fsp3) is 0.176. The summed E-state index contributed by atoms with van der Waals surface area (Å²) in [7, 11) is -4.34. The molecule has 1 N–H and O–H groups in total. The van der Waals surface area contributed by atoms with Crippen molar-refractivity contribution in [3.8, 4) is 11.5 Å². The minimum Gasteiger partial charge on any atom is -0.482 e. The molecule has 1 aliphatic rings. The molecule has 136 valence electrons. The number of benzene rings is 2. The molecule has 0 fully saturated rings. The number of hydrogen-bond donors (Lipinski definition) is 1. The standard InChI is InChI=1S/C17H14ClNO6S/c1-9-3-4-14(11(5-9)10(2)20)25-26(22,23)16-7-15-13(6-12(16)18)19-17(21)8-24-15/h3-7H,8H2,1-2H3,(H,19,21). The normalized spacial score (nSPS) is 13.4. The van der Waals surface area contributed by atoms with Crippen LogP contribution < -0.4 is 14.2 Å². The number of anilines is 1. The van der Waals surface area contributed by atoms with Crippen molar-refractivity contribution >= 4 is 39.1 Å². The molecule has 1 heterocycles. The number of amides is 1. The zero-order valence-electron chi connectivity index (χ0n) is 13.8. The molecule has 0 unspecified atom stereocenters. The van der Waals surface area contributed by atoms with Gasteiger partial charge in [-0.1, -0.05) is 23.2 Å². The van der Waals surface area contributed by atoms with Gasteiger partial charge in [0.2, 0.25) is 0 Å². The van der Waals surface area contributed by atoms with E-state index in [1.54, 1.807) is 19.1 Å². The van der Waals surface area contributed by atoms with Crippen molar-refractivity contribution in [3.63, 3.8) is 0 Å². The number of aryl methyl sites for hydroxylation is 1. The number of carbonyl (C=O) groups is 2. The van der Waals surface area contributed by atoms with Gasteiger partial charge in [-0.25, -0.2) is 0 Å². The highest BCUT2D eigenvalue weighted by Crippen LogP contribution is 2.37. The summed E-state index contributed by atoms with van der Waals surface area (Å²) in [6, 6.07) is 7.02. The highest BCUT2D eigenvalue weighted by Gasteiger charge is 2.27. The first-order valence-corrected chi connectivity index (χ1v) is 9.28. The first-order valence-electron chi connectivity index (χ1n) is 7.49. The molecule has 1 amide bonds. The van der Waals surface area contributed by atoms with Crippen LogP contribution in [0.5, 0.6) is 11.5 Å². The lowest BCUT2D eigenvalue weighted by Gasteiger charge is -2.19. The Balaban J connectivity index is 2.02. The number of nitrogens with one attached hydrogen (secondary N) is 1. The minimum absolute atomic E-state index is 0.0916. The second-order valence-corrected chi connectivity index (χ2v) is 7.63. The summed E-state index contributed by atoms with van der Waals surface area (Å²) in [5, 5.41) is 2.38. The van der Waals surface area contributed by atoms with Crippen LogP contribution in [0.15, 0.2) is 35.2 Å². The van der Waals surface area contributed by atoms with E-state index in [-0.39, 0.29) is 51.0 Å². The molecule has 7 nitrogen and oxygen atoms in total. The summed E-state index contributed by atoms with van der Waals surface area (Å²) in [6.45, 7) is 2.86. The van der Waals surface area contributed by atoms with Crippen LogP contribution in [0.4, 0.5) is 5.69 Å². The van der Waals surface area contributed by atoms with E-state index in [1.807, 2.05) is 0 Å². The van der Waals surface area contributed by atoms with E-state index < -0.39 is 10.1 Å². The lowest BCUT2D eigenvalue weighted by Crippen LogP contribution is -2.25. The molecule has 0 aliphatic carbocycles. The summed E-state index contributed by atoms with van der Waals surface area (Å²) >= 11 is 6.05. The van der Waals surface area contributed by atoms with E-state index in [0.717, 1.165) is 5.56 Å². The maximum absolute atomic E-state index is 12.7. The van der Waals surface area contributed by atoms with Gasteiger partial charge in [0.25, 0.3) is 5.91 Å². The van der Waals surface area contributed by atoms with Gasteiger partial charge in [0, 0.05) is 6.07 Å². The first-order chi connectivity index (χ1) is 12.2. The number of carbonyl (C=O) groups excluding carboxylic acids is 2. The van der Waals surface area contributed by atoms with Crippen molar-refractivity contribution in [1.82, 2.24) is 0 Å². The molecule has 1 aliphatic heterocycles. The number of rotatable bonds is 4. The van der Waals surface area contributed by atoms with Crippen LogP contribution in [-0.2, 0) is 14.9 Å². The molecule has 0 bridgehead atoms. The number of Topliss-reactive ketones (excluding diaryl/α,β-unsaturated/α-hetero) is 1. The van der Waals surface area contributed by atoms with E-state index in [1.165, 1.54) is 25.1 Å². The van der Waals surface area contributed by atoms with Crippen LogP contribution in [0.25, 0.3) is 0 Å². The lowest BCUT2D eigenvalue weighted by atomic mass is 10.1. The molecule has 2 aromatic rings. The van der Waals surface area contributed by atoms with Gasteiger partial charge in [-0.2, -0.15) is 8.42 Å². The summed E-state index contributed by atoms with van der Waals surface area (Å²) in [5.41, 5.74) is 1.20. The van der Waals surface area contributed by atoms with Crippen molar-refractivity contribution in [3.05, 3.63) is 46.5 Å². The Morgan fingerprint density at radius 2 is 2.00 bits per heavy atom. The average molecular weight is 396 g/mol. The Kier molecular flexibility index (Phi) is 4.64. The Hall–Kier alpha value is -2.58. The van der Waals surface area contributed by atoms with Crippen LogP contribution in [-0.4, -0.2) is 26.7 Å². The average Bonchev–Trinajstić information content (AvgIpc) is 2.55. The van der Waals surface area contributed by atoms with Gasteiger partial charge in [-0.05, 0) is 32.0 Å². The molecule has 9 heteroatoms. The molecule has 0 spiro atoms. The molecule has 3 rings (SSSR count). The van der Waals surface area contributed by atoms with Crippen molar-refractivity contribution in [2.75, 3.05) is 11.9 Å². The van der Waals surface area contributed by atoms with E-state index in [4.69, 9.17) is 20.5 Å². The maximum atomic E-state index is 12.7. The second kappa shape index (κ2) is 6.62. The van der Waals surface area contributed by atoms with Gasteiger partial charge in [-0.15, -0.1) is 0 Å². The van der Waals surface area contributed by atoms with Gasteiger partial charge in [0.1, 0.15) is 10.6 Å². The summed E-state index contributed by atoms with van der Waals surface area (Å²) in [4.78, 5) is 22.8. The zero-order chi connectivity index (χ0) is 19.1. The lowest BCUT2D eigenvalue weighted by molar-refractivity contribution is -0.118. The molecule has 0 atom stereocenters. The van der Waals surface area contributed by atoms with Gasteiger partial charge in [0.05, 0.1) is 16.3 Å². The minimum atomic E-state index is -4.34. The van der Waals surface area contributed by atoms with Crippen LogP contribution in [0.3, 0.4) is 0 Å². The van der Waals surface area contributed by atoms with E-state index in [0.29, 0.717) is 0 Å². The van der Waals surface area contributed by atoms with Crippen molar-refractivity contribution in [2.45, 2.75) is 18.7 Å². The van der Waals surface area contributed by atoms with Crippen LogP contribution >= 0.6 is 11.6 Å². The van der Waals surface area contributed by atoms with E-state index >= 15 is 0 Å². The monoisotopic (exact) mass is 395 g/mol. The molecule has 0 saturated carbocycles. The summed E-state index contributed by atoms with van der Waals surface area (Å²) in [5.74, 6) is -0.634. The van der Waals surface area contributed by atoms with E-state index in [2.05, 4.69) is 5.32 Å². The van der Waals surface area contributed by atoms with Crippen molar-refractivity contribution < 1.29 is 26.9 Å². The third-order valence-corrected chi connectivity index (χ3v) is 5.35. The van der Waals surface area contributed by atoms with Gasteiger partial charge in [-0.3, -0.25) is 9.59 Å². The molecule has 0 saturated heterocycles. The Morgan fingerprint density at radius 3 is 2.69 bits per heavy atom. The Bertz CT molecular complexity index is 1030. The predicted molar refractivity (Wildman–Crippen MR) is 94.6 cm³/mol. The first kappa shape index (κ1) is 18.2. The third kappa shape index (κ3) is 3.51. The van der Waals surface area contributed by atoms with Crippen LogP contribution in [0, 0.1) is 6.92 Å². The number of halogens is 1. The Morgan fingerprint density at radius 1 is 1.27 bits per heavy atom. The number of fused-ring (bicyclic) bond motifs is 1. The molecule has 0 radical (unpaired) electrons. The maximum Gasteiger partial charge on any atom is 0.340 e. The largest absolute Gasteiger partial charge is 0.482 e. The number of ether oxygens (including phenoxy) is 1. The molecule has 0 aromatic heterocycles. The molecule has 2 aromatic carbocycles. The fourth-order valence-corrected chi connectivity index (χ4v) is 3.90. The van der Waals surface area contributed by atoms with Gasteiger partial charge >= 0.3 is 10.1 Å². The third-order valence-electron chi connectivity index (χ3n) is 3.65. The number of hydrogen-bond acceptors (Lipinski definition) is 6. The van der Waals surface area contributed by atoms with Crippen LogP contribution in [0.1, 0.15) is 22.8 Å². The molecular weight excluding hydrogens is 382 g/mol.